The normalized spacial score (nSPS) is 11.4. The van der Waals surface area contributed by atoms with Crippen molar-refractivity contribution in [3.63, 3.8) is 0 Å². The fourth-order valence-electron chi connectivity index (χ4n) is 2.29. The third kappa shape index (κ3) is 3.51. The maximum absolute atomic E-state index is 13.2. The first-order chi connectivity index (χ1) is 11.9. The lowest BCUT2D eigenvalue weighted by Crippen LogP contribution is -2.28. The third-order valence-corrected chi connectivity index (χ3v) is 3.64. The number of nitrogens with zero attached hydrogens (tertiary/aromatic N) is 2. The van der Waals surface area contributed by atoms with E-state index in [2.05, 4.69) is 4.98 Å². The molecule has 3 aromatic rings. The molecule has 0 atom stereocenters. The molecule has 0 aliphatic rings. The van der Waals surface area contributed by atoms with E-state index < -0.39 is 23.2 Å². The standard InChI is InChI=1S/C17H10ClF3N2O2/c18-11-5-7-12(8-6-11)23(15-9-22-10-25-15)16(24)13-3-1-2-4-14(13)17(19,20)21/h1-10H. The zero-order valence-corrected chi connectivity index (χ0v) is 13.3. The molecule has 8 heteroatoms. The molecular formula is C17H10ClF3N2O2. The number of halogens is 4. The summed E-state index contributed by atoms with van der Waals surface area (Å²) >= 11 is 5.83. The van der Waals surface area contributed by atoms with Crippen molar-refractivity contribution in [3.8, 4) is 0 Å². The van der Waals surface area contributed by atoms with Crippen LogP contribution in [0.1, 0.15) is 15.9 Å². The molecule has 0 aliphatic carbocycles. The second-order valence-corrected chi connectivity index (χ2v) is 5.44. The Morgan fingerprint density at radius 2 is 1.76 bits per heavy atom. The lowest BCUT2D eigenvalue weighted by Gasteiger charge is -2.21. The molecular weight excluding hydrogens is 357 g/mol. The highest BCUT2D eigenvalue weighted by Crippen LogP contribution is 2.35. The minimum atomic E-state index is -4.67. The number of hydrogen-bond donors (Lipinski definition) is 0. The Bertz CT molecular complexity index is 878. The molecule has 3 rings (SSSR count). The van der Waals surface area contributed by atoms with Crippen LogP contribution in [-0.2, 0) is 6.18 Å². The van der Waals surface area contributed by atoms with Gasteiger partial charge in [-0.15, -0.1) is 0 Å². The van der Waals surface area contributed by atoms with E-state index in [9.17, 15) is 18.0 Å². The van der Waals surface area contributed by atoms with Gasteiger partial charge in [0.05, 0.1) is 23.0 Å². The molecule has 4 nitrogen and oxygen atoms in total. The number of aromatic nitrogens is 1. The predicted molar refractivity (Wildman–Crippen MR) is 85.9 cm³/mol. The Hall–Kier alpha value is -2.80. The van der Waals surface area contributed by atoms with Crippen molar-refractivity contribution in [2.45, 2.75) is 6.18 Å². The summed E-state index contributed by atoms with van der Waals surface area (Å²) in [5.41, 5.74) is -1.23. The van der Waals surface area contributed by atoms with Crippen LogP contribution < -0.4 is 4.90 Å². The average Bonchev–Trinajstić information content (AvgIpc) is 3.10. The Balaban J connectivity index is 2.12. The number of oxazole rings is 1. The molecule has 0 radical (unpaired) electrons. The van der Waals surface area contributed by atoms with E-state index in [0.29, 0.717) is 10.7 Å². The molecule has 1 aromatic heterocycles. The largest absolute Gasteiger partial charge is 0.427 e. The molecule has 0 aliphatic heterocycles. The summed E-state index contributed by atoms with van der Waals surface area (Å²) in [5.74, 6) is -0.906. The number of carbonyl (C=O) groups excluding carboxylic acids is 1. The zero-order chi connectivity index (χ0) is 18.0. The van der Waals surface area contributed by atoms with Gasteiger partial charge in [0.15, 0.2) is 6.39 Å². The first kappa shape index (κ1) is 17.0. The number of rotatable bonds is 3. The maximum atomic E-state index is 13.2. The smallest absolute Gasteiger partial charge is 0.417 e. The van der Waals surface area contributed by atoms with Gasteiger partial charge in [-0.3, -0.25) is 4.79 Å². The summed E-state index contributed by atoms with van der Waals surface area (Å²) in [6.07, 6.45) is -2.34. The van der Waals surface area contributed by atoms with Gasteiger partial charge >= 0.3 is 6.18 Å². The number of benzene rings is 2. The van der Waals surface area contributed by atoms with Crippen LogP contribution in [-0.4, -0.2) is 10.9 Å². The van der Waals surface area contributed by atoms with Gasteiger partial charge in [0.2, 0.25) is 5.88 Å². The van der Waals surface area contributed by atoms with E-state index in [0.717, 1.165) is 23.4 Å². The molecule has 1 amide bonds. The van der Waals surface area contributed by atoms with Crippen LogP contribution in [0.4, 0.5) is 24.7 Å². The number of alkyl halides is 3. The maximum Gasteiger partial charge on any atom is 0.417 e. The summed E-state index contributed by atoms with van der Waals surface area (Å²) in [5, 5.41) is 0.421. The van der Waals surface area contributed by atoms with Gasteiger partial charge in [-0.05, 0) is 36.4 Å². The predicted octanol–water partition coefficient (Wildman–Crippen LogP) is 5.33. The molecule has 128 valence electrons. The Labute approximate surface area is 145 Å². The van der Waals surface area contributed by atoms with Crippen molar-refractivity contribution in [2.75, 3.05) is 4.90 Å². The summed E-state index contributed by atoms with van der Waals surface area (Å²) in [6, 6.07) is 10.6. The average molecular weight is 367 g/mol. The Morgan fingerprint density at radius 3 is 2.36 bits per heavy atom. The number of amides is 1. The van der Waals surface area contributed by atoms with Crippen LogP contribution in [0.2, 0.25) is 5.02 Å². The van der Waals surface area contributed by atoms with Crippen LogP contribution in [0, 0.1) is 0 Å². The number of carbonyl (C=O) groups is 1. The van der Waals surface area contributed by atoms with Gasteiger partial charge in [0.25, 0.3) is 5.91 Å². The van der Waals surface area contributed by atoms with Crippen LogP contribution in [0.15, 0.2) is 65.5 Å². The van der Waals surface area contributed by atoms with E-state index in [1.165, 1.54) is 42.6 Å². The highest BCUT2D eigenvalue weighted by atomic mass is 35.5. The molecule has 0 fully saturated rings. The molecule has 0 unspecified atom stereocenters. The monoisotopic (exact) mass is 366 g/mol. The van der Waals surface area contributed by atoms with Crippen LogP contribution in [0.3, 0.4) is 0 Å². The van der Waals surface area contributed by atoms with E-state index in [1.54, 1.807) is 0 Å². The zero-order valence-electron chi connectivity index (χ0n) is 12.5. The van der Waals surface area contributed by atoms with Crippen molar-refractivity contribution in [1.29, 1.82) is 0 Å². The topological polar surface area (TPSA) is 46.3 Å². The van der Waals surface area contributed by atoms with Gasteiger partial charge in [-0.2, -0.15) is 13.2 Å². The van der Waals surface area contributed by atoms with Crippen molar-refractivity contribution in [1.82, 2.24) is 4.98 Å². The van der Waals surface area contributed by atoms with E-state index >= 15 is 0 Å². The molecule has 1 heterocycles. The van der Waals surface area contributed by atoms with Crippen molar-refractivity contribution in [3.05, 3.63) is 77.3 Å². The van der Waals surface area contributed by atoms with E-state index in [1.807, 2.05) is 0 Å². The summed E-state index contributed by atoms with van der Waals surface area (Å²) in [4.78, 5) is 17.6. The first-order valence-corrected chi connectivity index (χ1v) is 7.40. The van der Waals surface area contributed by atoms with Crippen molar-refractivity contribution >= 4 is 29.1 Å². The summed E-state index contributed by atoms with van der Waals surface area (Å²) < 4.78 is 44.9. The van der Waals surface area contributed by atoms with Gasteiger partial charge in [0.1, 0.15) is 0 Å². The lowest BCUT2D eigenvalue weighted by molar-refractivity contribution is -0.137. The molecule has 2 aromatic carbocycles. The Kier molecular flexibility index (Phi) is 4.50. The molecule has 25 heavy (non-hydrogen) atoms. The molecule has 0 spiro atoms. The molecule has 0 bridgehead atoms. The van der Waals surface area contributed by atoms with Crippen LogP contribution >= 0.6 is 11.6 Å². The molecule has 0 saturated heterocycles. The van der Waals surface area contributed by atoms with E-state index in [4.69, 9.17) is 16.0 Å². The minimum absolute atomic E-state index is 0.00991. The van der Waals surface area contributed by atoms with Gasteiger partial charge < -0.3 is 4.42 Å². The highest BCUT2D eigenvalue weighted by Gasteiger charge is 2.36. The van der Waals surface area contributed by atoms with Crippen molar-refractivity contribution < 1.29 is 22.4 Å². The minimum Gasteiger partial charge on any atom is -0.427 e. The SMILES string of the molecule is O=C(c1ccccc1C(F)(F)F)N(c1ccc(Cl)cc1)c1cnco1. The third-order valence-electron chi connectivity index (χ3n) is 3.39. The number of hydrogen-bond acceptors (Lipinski definition) is 3. The van der Waals surface area contributed by atoms with Crippen LogP contribution in [0.5, 0.6) is 0 Å². The second kappa shape index (κ2) is 6.60. The van der Waals surface area contributed by atoms with Gasteiger partial charge in [-0.1, -0.05) is 23.7 Å². The summed E-state index contributed by atoms with van der Waals surface area (Å²) in [6.45, 7) is 0. The van der Waals surface area contributed by atoms with Crippen molar-refractivity contribution in [2.24, 2.45) is 0 Å². The van der Waals surface area contributed by atoms with Gasteiger partial charge in [-0.25, -0.2) is 9.88 Å². The number of anilines is 2. The molecule has 0 N–H and O–H groups in total. The van der Waals surface area contributed by atoms with Crippen LogP contribution in [0.25, 0.3) is 0 Å². The van der Waals surface area contributed by atoms with E-state index in [-0.39, 0.29) is 5.88 Å². The first-order valence-electron chi connectivity index (χ1n) is 7.02. The fourth-order valence-corrected chi connectivity index (χ4v) is 2.42. The lowest BCUT2D eigenvalue weighted by atomic mass is 10.1. The summed E-state index contributed by atoms with van der Waals surface area (Å²) in [7, 11) is 0. The highest BCUT2D eigenvalue weighted by molar-refractivity contribution is 6.30. The fraction of sp³-hybridized carbons (Fsp3) is 0.0588. The quantitative estimate of drug-likeness (QED) is 0.629. The second-order valence-electron chi connectivity index (χ2n) is 5.00. The van der Waals surface area contributed by atoms with Gasteiger partial charge in [0, 0.05) is 5.02 Å². The Morgan fingerprint density at radius 1 is 1.08 bits per heavy atom. The molecule has 0 saturated carbocycles.